The lowest BCUT2D eigenvalue weighted by molar-refractivity contribution is -0.137. The van der Waals surface area contributed by atoms with Gasteiger partial charge in [0.25, 0.3) is 0 Å². The summed E-state index contributed by atoms with van der Waals surface area (Å²) >= 11 is 0. The van der Waals surface area contributed by atoms with Crippen molar-refractivity contribution >= 4 is 11.8 Å². The van der Waals surface area contributed by atoms with Crippen LogP contribution in [0.15, 0.2) is 24.3 Å². The fraction of sp³-hybridized carbons (Fsp3) is 0.538. The number of carbonyl (C=O) groups excluding carboxylic acids is 2. The molecule has 0 aromatic heterocycles. The average molecular weight is 234 g/mol. The molecule has 0 radical (unpaired) electrons. The van der Waals surface area contributed by atoms with E-state index < -0.39 is 0 Å². The van der Waals surface area contributed by atoms with Crippen LogP contribution < -0.4 is 5.32 Å². The Morgan fingerprint density at radius 1 is 1.29 bits per heavy atom. The Bertz CT molecular complexity index is 374. The Labute approximate surface area is 101 Å². The zero-order valence-electron chi connectivity index (χ0n) is 10.1. The Balaban J connectivity index is 1.91. The minimum absolute atomic E-state index is 0.0343. The molecule has 2 atom stereocenters. The summed E-state index contributed by atoms with van der Waals surface area (Å²) in [7, 11) is 1.55. The van der Waals surface area contributed by atoms with Crippen molar-refractivity contribution in [2.24, 2.45) is 11.8 Å². The zero-order valence-corrected chi connectivity index (χ0v) is 10.1. The van der Waals surface area contributed by atoms with Crippen molar-refractivity contribution in [1.82, 2.24) is 10.2 Å². The number of rotatable bonds is 2. The molecule has 1 fully saturated rings. The third kappa shape index (κ3) is 2.75. The summed E-state index contributed by atoms with van der Waals surface area (Å²) in [4.78, 5) is 24.8. The molecule has 1 saturated heterocycles. The molecule has 0 aromatic carbocycles. The highest BCUT2D eigenvalue weighted by molar-refractivity contribution is 5.96. The predicted octanol–water partition coefficient (Wildman–Crippen LogP) is 0.713. The van der Waals surface area contributed by atoms with Crippen LogP contribution in [0.3, 0.4) is 0 Å². The molecule has 2 unspecified atom stereocenters. The number of allylic oxidation sites excluding steroid dienone is 3. The molecule has 0 bridgehead atoms. The van der Waals surface area contributed by atoms with Gasteiger partial charge >= 0.3 is 0 Å². The average Bonchev–Trinajstić information content (AvgIpc) is 2.38. The minimum atomic E-state index is -0.212. The molecule has 2 aliphatic rings. The van der Waals surface area contributed by atoms with Crippen molar-refractivity contribution in [3.8, 4) is 0 Å². The number of likely N-dealkylation sites (tertiary alicyclic amines) is 1. The van der Waals surface area contributed by atoms with Gasteiger partial charge in [-0.25, -0.2) is 0 Å². The first kappa shape index (κ1) is 11.9. The van der Waals surface area contributed by atoms with Gasteiger partial charge in [-0.05, 0) is 12.3 Å². The first-order chi connectivity index (χ1) is 8.20. The fourth-order valence-electron chi connectivity index (χ4n) is 2.42. The summed E-state index contributed by atoms with van der Waals surface area (Å²) in [6, 6.07) is 0. The number of amides is 2. The van der Waals surface area contributed by atoms with E-state index in [1.165, 1.54) is 0 Å². The van der Waals surface area contributed by atoms with E-state index in [1.54, 1.807) is 11.9 Å². The van der Waals surface area contributed by atoms with Gasteiger partial charge in [0.2, 0.25) is 11.8 Å². The first-order valence-electron chi connectivity index (χ1n) is 6.04. The van der Waals surface area contributed by atoms with Crippen molar-refractivity contribution in [2.75, 3.05) is 20.1 Å². The molecule has 1 aliphatic heterocycles. The molecule has 4 nitrogen and oxygen atoms in total. The number of carbonyl (C=O) groups is 2. The number of fused-ring (bicyclic) bond motifs is 1. The summed E-state index contributed by atoms with van der Waals surface area (Å²) in [5, 5.41) is 2.48. The van der Waals surface area contributed by atoms with Crippen LogP contribution in [0.25, 0.3) is 0 Å². The van der Waals surface area contributed by atoms with Crippen LogP contribution in [0.2, 0.25) is 0 Å². The predicted molar refractivity (Wildman–Crippen MR) is 65.1 cm³/mol. The number of nitrogens with one attached hydrogen (secondary N) is 1. The second kappa shape index (κ2) is 5.17. The lowest BCUT2D eigenvalue weighted by Gasteiger charge is -2.37. The van der Waals surface area contributed by atoms with Crippen LogP contribution in [0.4, 0.5) is 0 Å². The first-order valence-corrected chi connectivity index (χ1v) is 6.04. The number of nitrogens with zero attached hydrogens (tertiary/aromatic N) is 1. The van der Waals surface area contributed by atoms with E-state index >= 15 is 0 Å². The quantitative estimate of drug-likeness (QED) is 0.715. The molecule has 1 aliphatic carbocycles. The van der Waals surface area contributed by atoms with E-state index in [1.807, 2.05) is 6.08 Å². The van der Waals surface area contributed by atoms with Gasteiger partial charge in [0.15, 0.2) is 0 Å². The Kier molecular flexibility index (Phi) is 3.61. The van der Waals surface area contributed by atoms with Crippen LogP contribution in [0.5, 0.6) is 0 Å². The van der Waals surface area contributed by atoms with E-state index in [2.05, 4.69) is 23.5 Å². The summed E-state index contributed by atoms with van der Waals surface area (Å²) in [6.45, 7) is 1.50. The lowest BCUT2D eigenvalue weighted by atomic mass is 9.82. The van der Waals surface area contributed by atoms with Gasteiger partial charge in [-0.15, -0.1) is 0 Å². The molecule has 2 rings (SSSR count). The van der Waals surface area contributed by atoms with Gasteiger partial charge in [0, 0.05) is 26.1 Å². The SMILES string of the molecule is CNC(=O)CC(=O)N1CCC2C=CC=CC2C1. The largest absolute Gasteiger partial charge is 0.359 e. The van der Waals surface area contributed by atoms with Crippen molar-refractivity contribution in [1.29, 1.82) is 0 Å². The topological polar surface area (TPSA) is 49.4 Å². The summed E-state index contributed by atoms with van der Waals surface area (Å²) in [5.41, 5.74) is 0. The third-order valence-electron chi connectivity index (χ3n) is 3.48. The van der Waals surface area contributed by atoms with E-state index in [-0.39, 0.29) is 18.2 Å². The normalized spacial score (nSPS) is 26.5. The van der Waals surface area contributed by atoms with E-state index in [0.717, 1.165) is 19.5 Å². The van der Waals surface area contributed by atoms with Crippen molar-refractivity contribution in [3.63, 3.8) is 0 Å². The third-order valence-corrected chi connectivity index (χ3v) is 3.48. The Morgan fingerprint density at radius 3 is 2.71 bits per heavy atom. The van der Waals surface area contributed by atoms with Crippen molar-refractivity contribution in [2.45, 2.75) is 12.8 Å². The van der Waals surface area contributed by atoms with Gasteiger partial charge in [-0.1, -0.05) is 24.3 Å². The molecular weight excluding hydrogens is 216 g/mol. The van der Waals surface area contributed by atoms with Crippen molar-refractivity contribution < 1.29 is 9.59 Å². The molecule has 0 aromatic rings. The molecule has 17 heavy (non-hydrogen) atoms. The molecule has 92 valence electrons. The highest BCUT2D eigenvalue weighted by Crippen LogP contribution is 2.28. The van der Waals surface area contributed by atoms with Crippen molar-refractivity contribution in [3.05, 3.63) is 24.3 Å². The maximum Gasteiger partial charge on any atom is 0.232 e. The van der Waals surface area contributed by atoms with Crippen LogP contribution in [0.1, 0.15) is 12.8 Å². The van der Waals surface area contributed by atoms with Crippen LogP contribution in [-0.2, 0) is 9.59 Å². The highest BCUT2D eigenvalue weighted by atomic mass is 16.2. The lowest BCUT2D eigenvalue weighted by Crippen LogP contribution is -2.44. The molecule has 0 spiro atoms. The van der Waals surface area contributed by atoms with Gasteiger partial charge in [-0.3, -0.25) is 9.59 Å². The summed E-state index contributed by atoms with van der Waals surface area (Å²) < 4.78 is 0. The van der Waals surface area contributed by atoms with Gasteiger partial charge < -0.3 is 10.2 Å². The van der Waals surface area contributed by atoms with E-state index in [4.69, 9.17) is 0 Å². The van der Waals surface area contributed by atoms with Gasteiger partial charge in [0.05, 0.1) is 0 Å². The van der Waals surface area contributed by atoms with Crippen LogP contribution in [-0.4, -0.2) is 36.9 Å². The van der Waals surface area contributed by atoms with E-state index in [9.17, 15) is 9.59 Å². The molecule has 2 amide bonds. The Hall–Kier alpha value is -1.58. The van der Waals surface area contributed by atoms with E-state index in [0.29, 0.717) is 11.8 Å². The molecule has 0 saturated carbocycles. The summed E-state index contributed by atoms with van der Waals surface area (Å²) in [6.07, 6.45) is 9.44. The number of hydrogen-bond donors (Lipinski definition) is 1. The summed E-state index contributed by atoms with van der Waals surface area (Å²) in [5.74, 6) is 0.702. The number of hydrogen-bond acceptors (Lipinski definition) is 2. The second-order valence-corrected chi connectivity index (χ2v) is 4.58. The smallest absolute Gasteiger partial charge is 0.232 e. The highest BCUT2D eigenvalue weighted by Gasteiger charge is 2.29. The molecule has 4 heteroatoms. The maximum absolute atomic E-state index is 11.9. The fourth-order valence-corrected chi connectivity index (χ4v) is 2.42. The number of piperidine rings is 1. The standard InChI is InChI=1S/C13H18N2O2/c1-14-12(16)8-13(17)15-7-6-10-4-2-3-5-11(10)9-15/h2-5,10-11H,6-9H2,1H3,(H,14,16). The molecule has 1 N–H and O–H groups in total. The molecule has 1 heterocycles. The zero-order chi connectivity index (χ0) is 12.3. The van der Waals surface area contributed by atoms with Gasteiger partial charge in [0.1, 0.15) is 6.42 Å². The molecular formula is C13H18N2O2. The Morgan fingerprint density at radius 2 is 2.00 bits per heavy atom. The second-order valence-electron chi connectivity index (χ2n) is 4.58. The maximum atomic E-state index is 11.9. The van der Waals surface area contributed by atoms with Crippen LogP contribution >= 0.6 is 0 Å². The minimum Gasteiger partial charge on any atom is -0.359 e. The van der Waals surface area contributed by atoms with Crippen LogP contribution in [0, 0.1) is 11.8 Å². The van der Waals surface area contributed by atoms with Gasteiger partial charge in [-0.2, -0.15) is 0 Å². The monoisotopic (exact) mass is 234 g/mol.